The average molecular weight is 835 g/mol. The van der Waals surface area contributed by atoms with Crippen molar-refractivity contribution in [1.29, 1.82) is 0 Å². The number of aromatic hydroxyl groups is 1. The van der Waals surface area contributed by atoms with Gasteiger partial charge < -0.3 is 53.2 Å². The number of hydrogen-bond donors (Lipinski definition) is 10. The van der Waals surface area contributed by atoms with Crippen LogP contribution in [0.1, 0.15) is 91.2 Å². The molecule has 60 heavy (non-hydrogen) atoms. The van der Waals surface area contributed by atoms with E-state index in [2.05, 4.69) is 31.6 Å². The van der Waals surface area contributed by atoms with E-state index in [1.807, 2.05) is 65.8 Å². The SMILES string of the molecule is CC[C@H](C)[C@H](N)C(=O)N[C@H](C(=O)N[C@@H](Cc1c[nH]c2ccccc12)C(=O)N[C@@H](CC(C)C)C(=O)N[C@@H](Cc1ccc(O)cc1)C(=O)N[C@@H](CCCCN)C(=O)O)[C@@H](C)CC. The lowest BCUT2D eigenvalue weighted by Crippen LogP contribution is -2.61. The molecule has 3 rings (SSSR count). The van der Waals surface area contributed by atoms with Gasteiger partial charge in [0.1, 0.15) is 36.0 Å². The summed E-state index contributed by atoms with van der Waals surface area (Å²) in [4.78, 5) is 85.1. The molecular weight excluding hydrogens is 769 g/mol. The van der Waals surface area contributed by atoms with Gasteiger partial charge in [0.2, 0.25) is 29.5 Å². The van der Waals surface area contributed by atoms with Crippen LogP contribution in [0.5, 0.6) is 5.75 Å². The van der Waals surface area contributed by atoms with Crippen molar-refractivity contribution in [2.45, 2.75) is 129 Å². The molecule has 5 amide bonds. The first-order valence-corrected chi connectivity index (χ1v) is 21.0. The van der Waals surface area contributed by atoms with Gasteiger partial charge in [-0.1, -0.05) is 84.7 Å². The molecule has 330 valence electrons. The third kappa shape index (κ3) is 14.7. The van der Waals surface area contributed by atoms with E-state index in [1.165, 1.54) is 12.1 Å². The Hall–Kier alpha value is -5.48. The van der Waals surface area contributed by atoms with Crippen molar-refractivity contribution in [1.82, 2.24) is 31.6 Å². The Bertz CT molecular complexity index is 1880. The van der Waals surface area contributed by atoms with Gasteiger partial charge >= 0.3 is 5.97 Å². The maximum absolute atomic E-state index is 14.4. The quantitative estimate of drug-likeness (QED) is 0.0558. The maximum atomic E-state index is 14.4. The third-order valence-electron chi connectivity index (χ3n) is 11.0. The molecule has 1 aromatic heterocycles. The zero-order chi connectivity index (χ0) is 44.5. The van der Waals surface area contributed by atoms with Gasteiger partial charge in [-0.15, -0.1) is 0 Å². The number of hydrogen-bond acceptors (Lipinski definition) is 9. The normalized spacial score (nSPS) is 15.4. The van der Waals surface area contributed by atoms with E-state index in [0.29, 0.717) is 37.8 Å². The number of phenols is 1. The number of para-hydroxylation sites is 1. The molecular formula is C44H66N8O8. The first-order valence-electron chi connectivity index (χ1n) is 21.0. The molecule has 0 saturated heterocycles. The van der Waals surface area contributed by atoms with Gasteiger partial charge in [-0.25, -0.2) is 4.79 Å². The van der Waals surface area contributed by atoms with Crippen LogP contribution in [0.15, 0.2) is 54.7 Å². The van der Waals surface area contributed by atoms with Crippen molar-refractivity contribution < 1.29 is 39.0 Å². The summed E-state index contributed by atoms with van der Waals surface area (Å²) >= 11 is 0. The second-order valence-corrected chi connectivity index (χ2v) is 16.2. The van der Waals surface area contributed by atoms with E-state index < -0.39 is 71.8 Å². The number of H-pyrrole nitrogens is 1. The first-order chi connectivity index (χ1) is 28.5. The second kappa shape index (κ2) is 23.9. The fourth-order valence-electron chi connectivity index (χ4n) is 6.80. The minimum atomic E-state index is -1.27. The molecule has 0 spiro atoms. The van der Waals surface area contributed by atoms with Crippen molar-refractivity contribution in [2.24, 2.45) is 29.2 Å². The zero-order valence-corrected chi connectivity index (χ0v) is 35.8. The van der Waals surface area contributed by atoms with Crippen molar-refractivity contribution >= 4 is 46.4 Å². The second-order valence-electron chi connectivity index (χ2n) is 16.2. The Balaban J connectivity index is 1.96. The van der Waals surface area contributed by atoms with Crippen molar-refractivity contribution in [3.05, 3.63) is 65.9 Å². The van der Waals surface area contributed by atoms with Crippen molar-refractivity contribution in [3.8, 4) is 5.75 Å². The molecule has 0 aliphatic heterocycles. The Morgan fingerprint density at radius 1 is 0.683 bits per heavy atom. The lowest BCUT2D eigenvalue weighted by molar-refractivity contribution is -0.142. The van der Waals surface area contributed by atoms with Crippen LogP contribution >= 0.6 is 0 Å². The van der Waals surface area contributed by atoms with Crippen LogP contribution in [-0.2, 0) is 41.6 Å². The summed E-state index contributed by atoms with van der Waals surface area (Å²) in [6, 6.07) is 6.74. The molecule has 3 aromatic rings. The number of carbonyl (C=O) groups excluding carboxylic acids is 5. The molecule has 16 heteroatoms. The number of nitrogens with one attached hydrogen (secondary N) is 6. The van der Waals surface area contributed by atoms with Crippen LogP contribution in [-0.4, -0.2) is 93.5 Å². The lowest BCUT2D eigenvalue weighted by Gasteiger charge is -2.29. The summed E-state index contributed by atoms with van der Waals surface area (Å²) < 4.78 is 0. The molecule has 0 bridgehead atoms. The van der Waals surface area contributed by atoms with E-state index >= 15 is 0 Å². The number of fused-ring (bicyclic) bond motifs is 1. The van der Waals surface area contributed by atoms with Gasteiger partial charge in [-0.2, -0.15) is 0 Å². The smallest absolute Gasteiger partial charge is 0.326 e. The van der Waals surface area contributed by atoms with Gasteiger partial charge in [-0.05, 0) is 79.3 Å². The zero-order valence-electron chi connectivity index (χ0n) is 35.8. The van der Waals surface area contributed by atoms with Crippen LogP contribution in [0.4, 0.5) is 0 Å². The molecule has 0 fully saturated rings. The van der Waals surface area contributed by atoms with Crippen LogP contribution in [0.3, 0.4) is 0 Å². The predicted molar refractivity (Wildman–Crippen MR) is 230 cm³/mol. The number of benzene rings is 2. The topological polar surface area (TPSA) is 271 Å². The number of aromatic amines is 1. The lowest BCUT2D eigenvalue weighted by atomic mass is 9.94. The number of rotatable bonds is 25. The number of carbonyl (C=O) groups is 6. The summed E-state index contributed by atoms with van der Waals surface area (Å²) in [5, 5.41) is 34.4. The number of amides is 5. The molecule has 1 heterocycles. The van der Waals surface area contributed by atoms with Crippen LogP contribution in [0.25, 0.3) is 10.9 Å². The summed E-state index contributed by atoms with van der Waals surface area (Å²) in [6.07, 6.45) is 4.20. The van der Waals surface area contributed by atoms with E-state index in [-0.39, 0.29) is 49.2 Å². The Kier molecular flexibility index (Phi) is 19.5. The van der Waals surface area contributed by atoms with E-state index in [0.717, 1.165) is 16.5 Å². The fourth-order valence-corrected chi connectivity index (χ4v) is 6.80. The van der Waals surface area contributed by atoms with E-state index in [9.17, 15) is 39.0 Å². The highest BCUT2D eigenvalue weighted by molar-refractivity contribution is 5.97. The predicted octanol–water partition coefficient (Wildman–Crippen LogP) is 2.76. The van der Waals surface area contributed by atoms with Crippen molar-refractivity contribution in [2.75, 3.05) is 6.54 Å². The highest BCUT2D eigenvalue weighted by atomic mass is 16.4. The largest absolute Gasteiger partial charge is 0.508 e. The van der Waals surface area contributed by atoms with Gasteiger partial charge in [0.25, 0.3) is 0 Å². The molecule has 0 saturated carbocycles. The number of aliphatic carboxylic acids is 1. The number of carboxylic acid groups (broad SMARTS) is 1. The summed E-state index contributed by atoms with van der Waals surface area (Å²) in [5.74, 6) is -5.02. The number of nitrogens with two attached hydrogens (primary N) is 2. The summed E-state index contributed by atoms with van der Waals surface area (Å²) in [6.45, 7) is 11.6. The number of aromatic nitrogens is 1. The maximum Gasteiger partial charge on any atom is 0.326 e. The van der Waals surface area contributed by atoms with Gasteiger partial charge in [-0.3, -0.25) is 24.0 Å². The average Bonchev–Trinajstić information content (AvgIpc) is 3.63. The van der Waals surface area contributed by atoms with Gasteiger partial charge in [0.15, 0.2) is 0 Å². The fraction of sp³-hybridized carbons (Fsp3) is 0.545. The van der Waals surface area contributed by atoms with Crippen LogP contribution in [0.2, 0.25) is 0 Å². The standard InChI is InChI=1S/C44H66N8O8/c1-7-26(5)37(46)42(57)52-38(27(6)8-2)43(58)51-36(23-29-24-47-32-14-10-9-13-31(29)32)41(56)49-34(21-25(3)4)39(54)50-35(22-28-16-18-30(53)19-17-28)40(55)48-33(44(59)60)15-11-12-20-45/h9-10,13-14,16-19,24-27,33-38,47,53H,7-8,11-12,15,20-23,45-46H2,1-6H3,(H,48,55)(H,49,56)(H,50,54)(H,51,58)(H,52,57)(H,59,60)/t26-,27-,33-,34-,35-,36-,37-,38-/m0/s1. The molecule has 0 radical (unpaired) electrons. The molecule has 8 atom stereocenters. The van der Waals surface area contributed by atoms with E-state index in [4.69, 9.17) is 11.5 Å². The van der Waals surface area contributed by atoms with E-state index in [1.54, 1.807) is 18.3 Å². The monoisotopic (exact) mass is 835 g/mol. The number of phenolic OH excluding ortho intramolecular Hbond substituents is 1. The van der Waals surface area contributed by atoms with Crippen LogP contribution in [0, 0.1) is 17.8 Å². The van der Waals surface area contributed by atoms with Gasteiger partial charge in [0, 0.05) is 29.9 Å². The minimum absolute atomic E-state index is 0.00357. The number of unbranched alkanes of at least 4 members (excludes halogenated alkanes) is 1. The molecule has 2 aromatic carbocycles. The molecule has 0 unspecified atom stereocenters. The Morgan fingerprint density at radius 3 is 1.85 bits per heavy atom. The van der Waals surface area contributed by atoms with Crippen molar-refractivity contribution in [3.63, 3.8) is 0 Å². The Morgan fingerprint density at radius 2 is 1.25 bits per heavy atom. The van der Waals surface area contributed by atoms with Gasteiger partial charge in [0.05, 0.1) is 6.04 Å². The molecule has 0 aliphatic carbocycles. The summed E-state index contributed by atoms with van der Waals surface area (Å²) in [7, 11) is 0. The third-order valence-corrected chi connectivity index (χ3v) is 11.0. The Labute approximate surface area is 352 Å². The highest BCUT2D eigenvalue weighted by Gasteiger charge is 2.35. The number of carboxylic acids is 1. The first kappa shape index (κ1) is 48.9. The molecule has 16 nitrogen and oxygen atoms in total. The summed E-state index contributed by atoms with van der Waals surface area (Å²) in [5.41, 5.74) is 13.9. The van der Waals surface area contributed by atoms with Crippen LogP contribution < -0.4 is 38.1 Å². The molecule has 0 aliphatic rings. The minimum Gasteiger partial charge on any atom is -0.508 e. The highest BCUT2D eigenvalue weighted by Crippen LogP contribution is 2.20. The molecule has 12 N–H and O–H groups in total.